The van der Waals surface area contributed by atoms with E-state index in [-0.39, 0.29) is 40.8 Å². The first-order valence-corrected chi connectivity index (χ1v) is 30.2. The van der Waals surface area contributed by atoms with Crippen LogP contribution in [-0.4, -0.2) is 177 Å². The third-order valence-corrected chi connectivity index (χ3v) is 19.1. The number of azide groups is 1. The first kappa shape index (κ1) is 70.5. The molecule has 3 aliphatic carbocycles. The van der Waals surface area contributed by atoms with E-state index in [9.17, 15) is 58.7 Å². The Hall–Kier alpha value is -7.58. The van der Waals surface area contributed by atoms with Crippen molar-refractivity contribution in [2.75, 3.05) is 40.9 Å². The van der Waals surface area contributed by atoms with Crippen LogP contribution >= 0.6 is 7.75 Å². The number of aliphatic hydroxyl groups is 3. The average molecular weight is 1260 g/mol. The van der Waals surface area contributed by atoms with Crippen LogP contribution in [0.2, 0.25) is 0 Å². The smallest absolute Gasteiger partial charge is 0.410 e. The number of amides is 3. The Kier molecular flexibility index (Phi) is 22.2. The Morgan fingerprint density at radius 1 is 0.888 bits per heavy atom. The fourth-order valence-corrected chi connectivity index (χ4v) is 13.1. The number of methoxy groups -OCH3 is 1. The van der Waals surface area contributed by atoms with Gasteiger partial charge in [0.1, 0.15) is 47.4 Å². The molecule has 0 saturated heterocycles. The van der Waals surface area contributed by atoms with Crippen molar-refractivity contribution in [1.82, 2.24) is 20.2 Å². The molecular formula is C61H80N7O20P. The van der Waals surface area contributed by atoms with Crippen LogP contribution in [0.5, 0.6) is 0 Å². The number of aliphatic carboxylic acids is 1. The fraction of sp³-hybridized carbons (Fsp3) is 0.541. The number of nitrogens with one attached hydrogen (secondary N) is 2. The number of ether oxygens (including phenoxy) is 5. The molecule has 2 bridgehead atoms. The van der Waals surface area contributed by atoms with Crippen LogP contribution in [0.15, 0.2) is 101 Å². The number of alkyl carbamates (subject to hydrolysis) is 1. The van der Waals surface area contributed by atoms with E-state index in [1.807, 2.05) is 0 Å². The zero-order valence-electron chi connectivity index (χ0n) is 51.8. The molecule has 484 valence electrons. The number of carbonyl (C=O) groups excluding carboxylic acids is 7. The number of carboxylic acid groups (broad SMARTS) is 1. The van der Waals surface area contributed by atoms with Crippen molar-refractivity contribution < 1.29 is 96.4 Å². The molecule has 2 saturated carbocycles. The highest BCUT2D eigenvalue weighted by Crippen LogP contribution is 2.64. The van der Waals surface area contributed by atoms with Gasteiger partial charge in [-0.3, -0.25) is 18.9 Å². The molecule has 3 aromatic carbocycles. The number of carboxylic acids is 1. The molecule has 27 nitrogen and oxygen atoms in total. The normalized spacial score (nSPS) is 26.4. The summed E-state index contributed by atoms with van der Waals surface area (Å²) in [5, 5.41) is 56.9. The van der Waals surface area contributed by atoms with Gasteiger partial charge in [-0.15, -0.1) is 0 Å². The number of carbonyl (C=O) groups is 8. The number of aliphatic hydroxyl groups excluding tert-OH is 2. The Labute approximate surface area is 515 Å². The lowest BCUT2D eigenvalue weighted by atomic mass is 9.42. The van der Waals surface area contributed by atoms with Gasteiger partial charge in [-0.1, -0.05) is 79.6 Å². The van der Waals surface area contributed by atoms with E-state index < -0.39 is 170 Å². The molecule has 2 fully saturated rings. The second-order valence-corrected chi connectivity index (χ2v) is 26.4. The van der Waals surface area contributed by atoms with Crippen molar-refractivity contribution >= 4 is 55.3 Å². The van der Waals surface area contributed by atoms with E-state index in [0.717, 1.165) is 9.57 Å². The van der Waals surface area contributed by atoms with Crippen LogP contribution in [0.4, 0.5) is 9.59 Å². The molecule has 13 atom stereocenters. The van der Waals surface area contributed by atoms with Gasteiger partial charge < -0.3 is 64.5 Å². The number of esters is 2. The highest BCUT2D eigenvalue weighted by molar-refractivity contribution is 7.50. The lowest BCUT2D eigenvalue weighted by Crippen LogP contribution is -2.76. The molecule has 28 heteroatoms. The Morgan fingerprint density at radius 2 is 1.49 bits per heavy atom. The van der Waals surface area contributed by atoms with Crippen LogP contribution < -0.4 is 10.6 Å². The first-order valence-electron chi connectivity index (χ1n) is 28.6. The minimum absolute atomic E-state index is 0.000259. The number of Topliss-reactive ketones (excluding diaryl/α,β-unsaturated/α-hetero) is 2. The van der Waals surface area contributed by atoms with Crippen LogP contribution in [0.1, 0.15) is 119 Å². The highest BCUT2D eigenvalue weighted by Gasteiger charge is 2.74. The Morgan fingerprint density at radius 3 is 2.06 bits per heavy atom. The molecule has 0 spiro atoms. The number of likely N-dealkylation sites (N-methyl/N-ethyl adjacent to an activating group) is 2. The van der Waals surface area contributed by atoms with Gasteiger partial charge in [0.05, 0.1) is 41.8 Å². The number of fused-ring (bicyclic) bond motifs is 3. The lowest BCUT2D eigenvalue weighted by Gasteiger charge is -2.64. The second kappa shape index (κ2) is 28.1. The molecule has 6 rings (SSSR count). The van der Waals surface area contributed by atoms with E-state index in [1.54, 1.807) is 57.2 Å². The molecule has 7 N–H and O–H groups in total. The molecule has 2 unspecified atom stereocenters. The van der Waals surface area contributed by atoms with Gasteiger partial charge in [0.25, 0.3) is 5.91 Å². The molecule has 3 amide bonds. The summed E-state index contributed by atoms with van der Waals surface area (Å²) in [7, 11) is -1.09. The topological polar surface area (TPSA) is 389 Å². The summed E-state index contributed by atoms with van der Waals surface area (Å²) < 4.78 is 49.8. The summed E-state index contributed by atoms with van der Waals surface area (Å²) in [6.07, 6.45) is -14.6. The summed E-state index contributed by atoms with van der Waals surface area (Å²) in [6.45, 7) is 11.7. The summed E-state index contributed by atoms with van der Waals surface area (Å²) in [5.74, 6) is -7.90. The van der Waals surface area contributed by atoms with Gasteiger partial charge in [0.2, 0.25) is 6.10 Å². The Bertz CT molecular complexity index is 3270. The zero-order valence-corrected chi connectivity index (χ0v) is 52.7. The second-order valence-electron chi connectivity index (χ2n) is 24.5. The van der Waals surface area contributed by atoms with Crippen molar-refractivity contribution in [1.29, 1.82) is 0 Å². The first-order chi connectivity index (χ1) is 41.5. The average Bonchev–Trinajstić information content (AvgIpc) is 0.681. The number of nitrogens with zero attached hydrogens (tertiary/aromatic N) is 5. The number of rotatable bonds is 23. The monoisotopic (exact) mass is 1260 g/mol. The standard InChI is InChI=1S/C61H80N7O20P/c1-34-41(32-61(80)50(87-53(76)39-21-17-14-18-22-39)48-59(8,35(2)69)43(83-12)31-42(70)60(48,9)49(72)46(71)44(34)58(61,6)7)85-54(77)47(45(37-19-15-13-16-20-37)65-55(78)88-57(3,4)5)86-56(79)67(10)28-29-68(11)89(81,82)84-30-27-40(52(74)75)64-51(73)38-25-23-36(24-26-38)33-63-66-62/h13-26,40-43,45-48,50,70-71,80H,27-33H2,1-12H3,(H,64,73)(H,65,78)(H,74,75)(H,81,82)/t40-,41-,42-,43+,45-,46+,47+,48?,50-,59-,60+,61+/m0/s1. The molecular weight excluding hydrogens is 1180 g/mol. The maximum Gasteiger partial charge on any atom is 0.410 e. The quantitative estimate of drug-likeness (QED) is 0.0103. The third kappa shape index (κ3) is 15.0. The fourth-order valence-electron chi connectivity index (χ4n) is 12.2. The highest BCUT2D eigenvalue weighted by atomic mass is 31.2. The zero-order chi connectivity index (χ0) is 66.4. The van der Waals surface area contributed by atoms with Gasteiger partial charge in [-0.25, -0.2) is 33.2 Å². The number of hydrogen-bond acceptors (Lipinski definition) is 19. The minimum atomic E-state index is -4.77. The Balaban J connectivity index is 1.33. The lowest BCUT2D eigenvalue weighted by molar-refractivity contribution is -0.256. The van der Waals surface area contributed by atoms with E-state index in [1.165, 1.54) is 111 Å². The summed E-state index contributed by atoms with van der Waals surface area (Å²) in [6, 6.07) is 18.0. The largest absolute Gasteiger partial charge is 0.480 e. The van der Waals surface area contributed by atoms with E-state index >= 15 is 9.59 Å². The van der Waals surface area contributed by atoms with Crippen molar-refractivity contribution in [2.24, 2.45) is 27.3 Å². The summed E-state index contributed by atoms with van der Waals surface area (Å²) in [4.78, 5) is 127. The van der Waals surface area contributed by atoms with Crippen molar-refractivity contribution in [3.63, 3.8) is 0 Å². The minimum Gasteiger partial charge on any atom is -0.480 e. The van der Waals surface area contributed by atoms with Gasteiger partial charge >= 0.3 is 37.8 Å². The number of hydrogen-bond donors (Lipinski definition) is 7. The molecule has 89 heavy (non-hydrogen) atoms. The number of benzene rings is 3. The summed E-state index contributed by atoms with van der Waals surface area (Å²) in [5.41, 5.74) is -0.203. The SMILES string of the molecule is CO[C@@H]1C[C@H](O)[C@@]2(C)C(=O)[C@H](O)C3=C(C)[C@@H](OC(=O)[C@H](OC(=O)N(C)CCN(C)P(=O)(O)OCC[C@H](NC(=O)c4ccc(CN=[N+]=[N-])cc4)C(=O)O)[C@@H](NC(=O)OC(C)(C)C)c4ccccc4)C[C@@](O)([C@@H](OC(=O)c4ccccc4)C2[C@@]1(C)C(C)=O)C3(C)C. The van der Waals surface area contributed by atoms with E-state index in [0.29, 0.717) is 5.56 Å². The van der Waals surface area contributed by atoms with Crippen LogP contribution in [-0.2, 0) is 58.5 Å². The van der Waals surface area contributed by atoms with Gasteiger partial charge in [-0.2, -0.15) is 0 Å². The molecule has 0 aliphatic heterocycles. The molecule has 0 heterocycles. The van der Waals surface area contributed by atoms with Crippen molar-refractivity contribution in [2.45, 2.75) is 148 Å². The van der Waals surface area contributed by atoms with E-state index in [4.69, 9.17) is 33.7 Å². The predicted molar refractivity (Wildman–Crippen MR) is 317 cm³/mol. The van der Waals surface area contributed by atoms with Crippen LogP contribution in [0.25, 0.3) is 10.4 Å². The molecule has 3 aromatic rings. The molecule has 3 aliphatic rings. The van der Waals surface area contributed by atoms with Crippen LogP contribution in [0, 0.1) is 22.2 Å². The van der Waals surface area contributed by atoms with Crippen molar-refractivity contribution in [3.8, 4) is 0 Å². The van der Waals surface area contributed by atoms with Crippen LogP contribution in [0.3, 0.4) is 0 Å². The summed E-state index contributed by atoms with van der Waals surface area (Å²) >= 11 is 0. The molecule has 0 aromatic heterocycles. The maximum atomic E-state index is 15.4. The van der Waals surface area contributed by atoms with Gasteiger partial charge in [0, 0.05) is 68.3 Å². The van der Waals surface area contributed by atoms with E-state index in [2.05, 4.69) is 20.7 Å². The van der Waals surface area contributed by atoms with Gasteiger partial charge in [-0.05, 0) is 108 Å². The van der Waals surface area contributed by atoms with Crippen molar-refractivity contribution in [3.05, 3.63) is 129 Å². The van der Waals surface area contributed by atoms with Gasteiger partial charge in [0.15, 0.2) is 5.78 Å². The maximum absolute atomic E-state index is 15.4. The predicted octanol–water partition coefficient (Wildman–Crippen LogP) is 6.38. The third-order valence-electron chi connectivity index (χ3n) is 17.5. The molecule has 0 radical (unpaired) electrons. The number of ketones is 2.